The van der Waals surface area contributed by atoms with Gasteiger partial charge in [-0.05, 0) is 0 Å². The fraction of sp³-hybridized carbons (Fsp3) is 0.800. The average molecular weight is 128 g/mol. The smallest absolute Gasteiger partial charge is 0.207 e. The van der Waals surface area contributed by atoms with E-state index in [1.54, 1.807) is 6.92 Å². The minimum Gasteiger partial charge on any atom is -0.265 e. The highest BCUT2D eigenvalue weighted by molar-refractivity contribution is 4.72. The van der Waals surface area contributed by atoms with Crippen LogP contribution in [0, 0.1) is 27.4 Å². The molecular weight excluding hydrogens is 120 g/mol. The first-order valence-corrected chi connectivity index (χ1v) is 2.65. The maximum Gasteiger partial charge on any atom is 0.207 e. The van der Waals surface area contributed by atoms with E-state index in [0.717, 1.165) is 0 Å². The summed E-state index contributed by atoms with van der Waals surface area (Å²) >= 11 is 0. The van der Waals surface area contributed by atoms with Crippen molar-refractivity contribution in [3.63, 3.8) is 0 Å². The lowest BCUT2D eigenvalue weighted by Gasteiger charge is -1.96. The Bertz CT molecular complexity index is 138. The first kappa shape index (κ1) is 7.89. The molecule has 0 saturated heterocycles. The van der Waals surface area contributed by atoms with Crippen molar-refractivity contribution in [3.8, 4) is 6.07 Å². The number of nitrogens with zero attached hydrogens (tertiary/aromatic N) is 2. The summed E-state index contributed by atoms with van der Waals surface area (Å²) in [6.45, 7) is 1.58. The van der Waals surface area contributed by atoms with Crippen LogP contribution in [-0.2, 0) is 0 Å². The number of hydrogen-bond acceptors (Lipinski definition) is 3. The van der Waals surface area contributed by atoms with E-state index in [-0.39, 0.29) is 18.9 Å². The molecular formula is C5H8N2O2. The Morgan fingerprint density at radius 3 is 2.78 bits per heavy atom. The third-order valence-corrected chi connectivity index (χ3v) is 0.900. The molecule has 0 aliphatic carbocycles. The average Bonchev–Trinajstić information content (AvgIpc) is 1.63. The summed E-state index contributed by atoms with van der Waals surface area (Å²) in [6, 6.07) is 1.87. The van der Waals surface area contributed by atoms with Crippen LogP contribution < -0.4 is 0 Å². The van der Waals surface area contributed by atoms with Crippen LogP contribution in [0.1, 0.15) is 13.3 Å². The summed E-state index contributed by atoms with van der Waals surface area (Å²) in [7, 11) is 0. The Balaban J connectivity index is 3.40. The van der Waals surface area contributed by atoms with Crippen LogP contribution in [0.25, 0.3) is 0 Å². The van der Waals surface area contributed by atoms with Crippen molar-refractivity contribution in [2.45, 2.75) is 13.3 Å². The predicted octanol–water partition coefficient (Wildman–Crippen LogP) is 0.813. The number of hydrogen-bond donors (Lipinski definition) is 0. The van der Waals surface area contributed by atoms with Crippen molar-refractivity contribution in [1.82, 2.24) is 0 Å². The molecule has 0 aromatic rings. The van der Waals surface area contributed by atoms with Gasteiger partial charge < -0.3 is 0 Å². The second-order valence-electron chi connectivity index (χ2n) is 1.98. The van der Waals surface area contributed by atoms with E-state index < -0.39 is 4.92 Å². The molecule has 0 fully saturated rings. The van der Waals surface area contributed by atoms with Gasteiger partial charge in [-0.15, -0.1) is 0 Å². The van der Waals surface area contributed by atoms with Gasteiger partial charge in [0.1, 0.15) is 0 Å². The van der Waals surface area contributed by atoms with E-state index in [4.69, 9.17) is 5.26 Å². The monoisotopic (exact) mass is 128 g/mol. The standard InChI is InChI=1S/C5H8N2O2/c1-5(2-3-6)4-7(8)9/h5H,2,4H2,1H3. The molecule has 1 atom stereocenters. The van der Waals surface area contributed by atoms with Gasteiger partial charge in [-0.25, -0.2) is 0 Å². The first-order chi connectivity index (χ1) is 4.16. The molecule has 0 saturated carbocycles. The summed E-state index contributed by atoms with van der Waals surface area (Å²) in [5.74, 6) is -0.120. The maximum atomic E-state index is 9.78. The lowest BCUT2D eigenvalue weighted by Crippen LogP contribution is -2.09. The zero-order valence-electron chi connectivity index (χ0n) is 5.20. The molecule has 0 amide bonds. The highest BCUT2D eigenvalue weighted by Gasteiger charge is 2.07. The van der Waals surface area contributed by atoms with E-state index in [1.165, 1.54) is 0 Å². The molecule has 0 aliphatic heterocycles. The van der Waals surface area contributed by atoms with Gasteiger partial charge in [0.2, 0.25) is 6.54 Å². The van der Waals surface area contributed by atoms with Gasteiger partial charge in [-0.2, -0.15) is 5.26 Å². The van der Waals surface area contributed by atoms with E-state index in [0.29, 0.717) is 0 Å². The van der Waals surface area contributed by atoms with Crippen molar-refractivity contribution >= 4 is 0 Å². The van der Waals surface area contributed by atoms with Gasteiger partial charge in [-0.3, -0.25) is 10.1 Å². The molecule has 0 aliphatic rings. The van der Waals surface area contributed by atoms with Gasteiger partial charge >= 0.3 is 0 Å². The molecule has 50 valence electrons. The molecule has 0 aromatic heterocycles. The lowest BCUT2D eigenvalue weighted by atomic mass is 10.1. The summed E-state index contributed by atoms with van der Waals surface area (Å²) in [6.07, 6.45) is 0.265. The highest BCUT2D eigenvalue weighted by atomic mass is 16.6. The molecule has 4 heteroatoms. The van der Waals surface area contributed by atoms with Crippen LogP contribution in [0.3, 0.4) is 0 Å². The van der Waals surface area contributed by atoms with Crippen molar-refractivity contribution in [2.24, 2.45) is 5.92 Å². The predicted molar refractivity (Wildman–Crippen MR) is 31.3 cm³/mol. The maximum absolute atomic E-state index is 9.78. The Morgan fingerprint density at radius 1 is 1.89 bits per heavy atom. The number of nitro groups is 1. The van der Waals surface area contributed by atoms with Gasteiger partial charge in [-0.1, -0.05) is 6.92 Å². The molecule has 0 N–H and O–H groups in total. The van der Waals surface area contributed by atoms with E-state index in [1.807, 2.05) is 6.07 Å². The highest BCUT2D eigenvalue weighted by Crippen LogP contribution is 1.98. The number of rotatable bonds is 3. The third-order valence-electron chi connectivity index (χ3n) is 0.900. The second kappa shape index (κ2) is 3.84. The van der Waals surface area contributed by atoms with Crippen LogP contribution in [0.5, 0.6) is 0 Å². The number of nitriles is 1. The molecule has 0 bridgehead atoms. The third kappa shape index (κ3) is 4.75. The summed E-state index contributed by atoms with van der Waals surface area (Å²) in [4.78, 5) is 9.38. The lowest BCUT2D eigenvalue weighted by molar-refractivity contribution is -0.487. The van der Waals surface area contributed by atoms with E-state index in [9.17, 15) is 10.1 Å². The minimum absolute atomic E-state index is 0.104. The summed E-state index contributed by atoms with van der Waals surface area (Å²) < 4.78 is 0. The van der Waals surface area contributed by atoms with E-state index >= 15 is 0 Å². The van der Waals surface area contributed by atoms with Crippen LogP contribution in [0.4, 0.5) is 0 Å². The first-order valence-electron chi connectivity index (χ1n) is 2.65. The molecule has 4 nitrogen and oxygen atoms in total. The Hall–Kier alpha value is -1.11. The van der Waals surface area contributed by atoms with Crippen molar-refractivity contribution < 1.29 is 4.92 Å². The van der Waals surface area contributed by atoms with E-state index in [2.05, 4.69) is 0 Å². The van der Waals surface area contributed by atoms with Crippen LogP contribution in [0.2, 0.25) is 0 Å². The summed E-state index contributed by atoms with van der Waals surface area (Å²) in [5, 5.41) is 17.9. The van der Waals surface area contributed by atoms with Gasteiger partial charge in [0.05, 0.1) is 6.07 Å². The fourth-order valence-corrected chi connectivity index (χ4v) is 0.475. The topological polar surface area (TPSA) is 66.9 Å². The quantitative estimate of drug-likeness (QED) is 0.417. The molecule has 0 rings (SSSR count). The van der Waals surface area contributed by atoms with Crippen LogP contribution >= 0.6 is 0 Å². The normalized spacial score (nSPS) is 12.0. The largest absolute Gasteiger partial charge is 0.265 e. The van der Waals surface area contributed by atoms with Crippen LogP contribution in [-0.4, -0.2) is 11.5 Å². The Labute approximate surface area is 53.2 Å². The van der Waals surface area contributed by atoms with Gasteiger partial charge in [0.15, 0.2) is 0 Å². The van der Waals surface area contributed by atoms with Crippen molar-refractivity contribution in [2.75, 3.05) is 6.54 Å². The van der Waals surface area contributed by atoms with Crippen molar-refractivity contribution in [1.29, 1.82) is 5.26 Å². The zero-order valence-corrected chi connectivity index (χ0v) is 5.20. The second-order valence-corrected chi connectivity index (χ2v) is 1.98. The SMILES string of the molecule is CC(CC#N)C[N+](=O)[O-]. The summed E-state index contributed by atoms with van der Waals surface area (Å²) in [5.41, 5.74) is 0. The minimum atomic E-state index is -0.401. The van der Waals surface area contributed by atoms with Gasteiger partial charge in [0, 0.05) is 17.3 Å². The van der Waals surface area contributed by atoms with Gasteiger partial charge in [0.25, 0.3) is 0 Å². The zero-order chi connectivity index (χ0) is 7.28. The molecule has 1 unspecified atom stereocenters. The Kier molecular flexibility index (Phi) is 3.37. The molecule has 9 heavy (non-hydrogen) atoms. The van der Waals surface area contributed by atoms with Crippen LogP contribution in [0.15, 0.2) is 0 Å². The molecule has 0 heterocycles. The fourth-order valence-electron chi connectivity index (χ4n) is 0.475. The molecule has 0 aromatic carbocycles. The Morgan fingerprint density at radius 2 is 2.44 bits per heavy atom. The molecule has 0 spiro atoms. The molecule has 0 radical (unpaired) electrons. The van der Waals surface area contributed by atoms with Crippen molar-refractivity contribution in [3.05, 3.63) is 10.1 Å².